The van der Waals surface area contributed by atoms with E-state index < -0.39 is 0 Å². The number of hydrogen-bond donors (Lipinski definition) is 2. The highest BCUT2D eigenvalue weighted by Gasteiger charge is 2.24. The third-order valence-corrected chi connectivity index (χ3v) is 2.87. The van der Waals surface area contributed by atoms with Gasteiger partial charge in [-0.3, -0.25) is 10.9 Å². The second-order valence-corrected chi connectivity index (χ2v) is 5.96. The summed E-state index contributed by atoms with van der Waals surface area (Å²) in [5.41, 5.74) is 6.92. The van der Waals surface area contributed by atoms with Gasteiger partial charge in [0.25, 0.3) is 0 Å². The summed E-state index contributed by atoms with van der Waals surface area (Å²) in [6.07, 6.45) is 3.89. The lowest BCUT2D eigenvalue weighted by molar-refractivity contribution is -0.0458. The highest BCUT2D eigenvalue weighted by atomic mass is 28.2. The molecule has 0 unspecified atom stereocenters. The molecule has 0 heterocycles. The molecule has 0 spiro atoms. The van der Waals surface area contributed by atoms with Crippen molar-refractivity contribution in [1.82, 2.24) is 20.9 Å². The van der Waals surface area contributed by atoms with E-state index in [-0.39, 0.29) is 6.17 Å². The summed E-state index contributed by atoms with van der Waals surface area (Å²) < 4.78 is 5.53. The molecule has 0 aliphatic carbocycles. The van der Waals surface area contributed by atoms with Gasteiger partial charge in [-0.05, 0) is 27.7 Å². The van der Waals surface area contributed by atoms with E-state index in [0.717, 1.165) is 23.6 Å². The molecule has 5 nitrogen and oxygen atoms in total. The van der Waals surface area contributed by atoms with Gasteiger partial charge in [0.2, 0.25) is 0 Å². The van der Waals surface area contributed by atoms with Gasteiger partial charge in [-0.2, -0.15) is 0 Å². The number of hydrazine groups is 2. The minimum atomic E-state index is 0.0910. The average Bonchev–Trinajstić information content (AvgIpc) is 2.34. The molecule has 0 fully saturated rings. The first-order chi connectivity index (χ1) is 9.46. The Kier molecular flexibility index (Phi) is 10.9. The predicted molar refractivity (Wildman–Crippen MR) is 90.0 cm³/mol. The Morgan fingerprint density at radius 2 is 1.40 bits per heavy atom. The van der Waals surface area contributed by atoms with E-state index in [9.17, 15) is 0 Å². The zero-order chi connectivity index (χ0) is 15.5. The first-order valence-electron chi connectivity index (χ1n) is 7.22. The van der Waals surface area contributed by atoms with Crippen molar-refractivity contribution in [1.29, 1.82) is 0 Å². The van der Waals surface area contributed by atoms with Crippen LogP contribution in [0.2, 0.25) is 0 Å². The lowest BCUT2D eigenvalue weighted by atomic mass is 10.3. The largest absolute Gasteiger partial charge is 0.425 e. The van der Waals surface area contributed by atoms with E-state index in [2.05, 4.69) is 61.7 Å². The lowest BCUT2D eigenvalue weighted by Gasteiger charge is -2.40. The number of nitrogens with zero attached hydrogens (tertiary/aromatic N) is 2. The molecule has 0 amide bonds. The topological polar surface area (TPSA) is 39.8 Å². The monoisotopic (exact) mass is 300 g/mol. The van der Waals surface area contributed by atoms with Gasteiger partial charge >= 0.3 is 0 Å². The van der Waals surface area contributed by atoms with Crippen LogP contribution >= 0.6 is 0 Å². The third-order valence-electron chi connectivity index (χ3n) is 2.53. The Bertz CT molecular complexity index is 250. The molecule has 0 aliphatic rings. The Balaban J connectivity index is 5.05. The van der Waals surface area contributed by atoms with Crippen LogP contribution in [0.3, 0.4) is 0 Å². The summed E-state index contributed by atoms with van der Waals surface area (Å²) in [6, 6.07) is 0.715. The van der Waals surface area contributed by atoms with E-state index in [1.807, 2.05) is 12.2 Å². The van der Waals surface area contributed by atoms with E-state index in [0.29, 0.717) is 18.7 Å². The summed E-state index contributed by atoms with van der Waals surface area (Å²) in [6.45, 7) is 18.3. The maximum Gasteiger partial charge on any atom is 0.146 e. The van der Waals surface area contributed by atoms with E-state index in [1.54, 1.807) is 0 Å². The molecule has 0 aliphatic heterocycles. The van der Waals surface area contributed by atoms with Crippen LogP contribution in [0.5, 0.6) is 0 Å². The van der Waals surface area contributed by atoms with E-state index in [4.69, 9.17) is 4.43 Å². The molecule has 0 atom stereocenters. The second kappa shape index (κ2) is 11.2. The van der Waals surface area contributed by atoms with Crippen LogP contribution in [-0.2, 0) is 4.43 Å². The Hall–Kier alpha value is -0.503. The molecule has 0 aromatic rings. The maximum atomic E-state index is 5.53. The van der Waals surface area contributed by atoms with Crippen molar-refractivity contribution in [3.8, 4) is 0 Å². The van der Waals surface area contributed by atoms with Crippen molar-refractivity contribution in [3.63, 3.8) is 0 Å². The molecular weight excluding hydrogens is 268 g/mol. The van der Waals surface area contributed by atoms with Crippen LogP contribution in [-0.4, -0.2) is 58.4 Å². The zero-order valence-electron chi connectivity index (χ0n) is 13.7. The molecule has 0 rings (SSSR count). The second-order valence-electron chi connectivity index (χ2n) is 5.39. The van der Waals surface area contributed by atoms with Gasteiger partial charge in [-0.25, -0.2) is 10.0 Å². The van der Waals surface area contributed by atoms with Crippen LogP contribution in [0, 0.1) is 0 Å². The molecule has 0 saturated carbocycles. The van der Waals surface area contributed by atoms with Gasteiger partial charge in [-0.1, -0.05) is 12.2 Å². The fraction of sp³-hybridized carbons (Fsp3) is 0.714. The third kappa shape index (κ3) is 7.93. The summed E-state index contributed by atoms with van der Waals surface area (Å²) in [5, 5.41) is 4.32. The maximum absolute atomic E-state index is 5.53. The van der Waals surface area contributed by atoms with Crippen LogP contribution in [0.1, 0.15) is 27.7 Å². The van der Waals surface area contributed by atoms with Gasteiger partial charge in [-0.15, -0.1) is 13.2 Å². The zero-order valence-corrected chi connectivity index (χ0v) is 15.7. The van der Waals surface area contributed by atoms with Gasteiger partial charge < -0.3 is 4.43 Å². The van der Waals surface area contributed by atoms with Crippen LogP contribution in [0.4, 0.5) is 0 Å². The SMILES string of the molecule is C=CCN(NC(C)C)C(CO[SiH3])N(CC=C)NC(C)C. The minimum Gasteiger partial charge on any atom is -0.425 e. The minimum absolute atomic E-state index is 0.0910. The quantitative estimate of drug-likeness (QED) is 0.236. The number of rotatable bonds is 12. The van der Waals surface area contributed by atoms with Crippen molar-refractivity contribution in [2.75, 3.05) is 19.7 Å². The van der Waals surface area contributed by atoms with Gasteiger partial charge in [0.05, 0.1) is 6.61 Å². The van der Waals surface area contributed by atoms with E-state index in [1.165, 1.54) is 0 Å². The molecule has 0 radical (unpaired) electrons. The summed E-state index contributed by atoms with van der Waals surface area (Å²) in [5.74, 6) is 0. The van der Waals surface area contributed by atoms with Gasteiger partial charge in [0.1, 0.15) is 16.7 Å². The average molecular weight is 301 g/mol. The van der Waals surface area contributed by atoms with E-state index >= 15 is 0 Å². The summed E-state index contributed by atoms with van der Waals surface area (Å²) in [7, 11) is 0.724. The van der Waals surface area contributed by atoms with Crippen LogP contribution < -0.4 is 10.9 Å². The van der Waals surface area contributed by atoms with Crippen molar-refractivity contribution in [2.24, 2.45) is 0 Å². The first-order valence-corrected chi connectivity index (χ1v) is 8.04. The van der Waals surface area contributed by atoms with Gasteiger partial charge in [0.15, 0.2) is 0 Å². The molecule has 0 aromatic carbocycles. The van der Waals surface area contributed by atoms with Crippen LogP contribution in [0.25, 0.3) is 0 Å². The number of nitrogens with one attached hydrogen (secondary N) is 2. The Morgan fingerprint density at radius 1 is 1.00 bits per heavy atom. The highest BCUT2D eigenvalue weighted by Crippen LogP contribution is 2.05. The Labute approximate surface area is 127 Å². The fourth-order valence-electron chi connectivity index (χ4n) is 1.96. The molecule has 6 heteroatoms. The van der Waals surface area contributed by atoms with Gasteiger partial charge in [0, 0.05) is 25.2 Å². The summed E-state index contributed by atoms with van der Waals surface area (Å²) >= 11 is 0. The highest BCUT2D eigenvalue weighted by molar-refractivity contribution is 5.97. The van der Waals surface area contributed by atoms with Crippen molar-refractivity contribution >= 4 is 10.5 Å². The molecule has 0 bridgehead atoms. The lowest BCUT2D eigenvalue weighted by Crippen LogP contribution is -2.62. The van der Waals surface area contributed by atoms with Crippen molar-refractivity contribution in [3.05, 3.63) is 25.3 Å². The molecule has 20 heavy (non-hydrogen) atoms. The smallest absolute Gasteiger partial charge is 0.146 e. The van der Waals surface area contributed by atoms with Crippen LogP contribution in [0.15, 0.2) is 25.3 Å². The summed E-state index contributed by atoms with van der Waals surface area (Å²) in [4.78, 5) is 0. The molecule has 0 saturated heterocycles. The first kappa shape index (κ1) is 19.5. The molecular formula is C14H32N4OSi. The van der Waals surface area contributed by atoms with Crippen molar-refractivity contribution in [2.45, 2.75) is 45.9 Å². The van der Waals surface area contributed by atoms with Crippen molar-refractivity contribution < 1.29 is 4.43 Å². The predicted octanol–water partition coefficient (Wildman–Crippen LogP) is 0.412. The number of hydrogen-bond acceptors (Lipinski definition) is 5. The standard InChI is InChI=1S/C14H32N4OSi/c1-7-9-17(15-12(3)4)14(11-19-20)18(10-8-2)16-13(5)6/h7-8,12-16H,1-2,9-11H2,3-6,20H3. The molecule has 2 N–H and O–H groups in total. The Morgan fingerprint density at radius 3 is 1.65 bits per heavy atom. The normalized spacial score (nSPS) is 12.2. The fourth-order valence-corrected chi connectivity index (χ4v) is 2.26. The molecule has 118 valence electrons. The molecule has 0 aromatic heterocycles.